The minimum absolute atomic E-state index is 0.0593. The highest BCUT2D eigenvalue weighted by molar-refractivity contribution is 6.05. The zero-order chi connectivity index (χ0) is 42.1. The fourth-order valence-corrected chi connectivity index (χ4v) is 8.76. The molecule has 0 bridgehead atoms. The molecule has 0 spiro atoms. The number of halogens is 4. The highest BCUT2D eigenvalue weighted by Crippen LogP contribution is 2.36. The quantitative estimate of drug-likeness (QED) is 0.216. The third kappa shape index (κ3) is 9.13. The number of aromatic nitrogens is 1. The van der Waals surface area contributed by atoms with Crippen LogP contribution >= 0.6 is 0 Å². The fourth-order valence-electron chi connectivity index (χ4n) is 8.76. The van der Waals surface area contributed by atoms with E-state index in [1.807, 2.05) is 30.0 Å². The molecule has 0 radical (unpaired) electrons. The van der Waals surface area contributed by atoms with Crippen molar-refractivity contribution >= 4 is 40.8 Å². The molecule has 5 amide bonds. The van der Waals surface area contributed by atoms with Crippen LogP contribution in [0.3, 0.4) is 0 Å². The van der Waals surface area contributed by atoms with Gasteiger partial charge in [0.2, 0.25) is 17.7 Å². The molecule has 6 heterocycles. The number of hydrogen-bond donors (Lipinski definition) is 2. The number of hydrogen-bond acceptors (Lipinski definition) is 10. The number of morpholine rings is 1. The van der Waals surface area contributed by atoms with Gasteiger partial charge in [-0.3, -0.25) is 24.6 Å². The van der Waals surface area contributed by atoms with Gasteiger partial charge in [0.25, 0.3) is 5.91 Å². The van der Waals surface area contributed by atoms with Crippen LogP contribution in [-0.4, -0.2) is 134 Å². The molecule has 1 unspecified atom stereocenters. The number of nitrogens with one attached hydrogen (secondary N) is 2. The number of aryl methyl sites for hydroxylation is 1. The third-order valence-electron chi connectivity index (χ3n) is 12.0. The van der Waals surface area contributed by atoms with Gasteiger partial charge in [0, 0.05) is 101 Å². The Kier molecular flexibility index (Phi) is 11.9. The van der Waals surface area contributed by atoms with Crippen LogP contribution in [0.25, 0.3) is 11.1 Å². The monoisotopic (exact) mass is 836 g/mol. The smallest absolute Gasteiger partial charge is 0.389 e. The second kappa shape index (κ2) is 17.2. The lowest BCUT2D eigenvalue weighted by Gasteiger charge is -2.36. The average Bonchev–Trinajstić information content (AvgIpc) is 3.81. The van der Waals surface area contributed by atoms with E-state index >= 15 is 4.39 Å². The first kappa shape index (κ1) is 41.3. The van der Waals surface area contributed by atoms with E-state index in [0.29, 0.717) is 94.9 Å². The number of piperidine rings is 1. The zero-order valence-electron chi connectivity index (χ0n) is 33.4. The zero-order valence-corrected chi connectivity index (χ0v) is 33.4. The number of anilines is 3. The molecular formula is C42H48F4N8O6. The highest BCUT2D eigenvalue weighted by Gasteiger charge is 2.40. The van der Waals surface area contributed by atoms with E-state index < -0.39 is 48.2 Å². The molecule has 60 heavy (non-hydrogen) atoms. The van der Waals surface area contributed by atoms with Crippen molar-refractivity contribution in [3.05, 3.63) is 65.1 Å². The number of rotatable bonds is 10. The summed E-state index contributed by atoms with van der Waals surface area (Å²) in [5.41, 5.74) is 5.25. The van der Waals surface area contributed by atoms with E-state index in [1.54, 1.807) is 18.3 Å². The number of piperazine rings is 1. The average molecular weight is 837 g/mol. The van der Waals surface area contributed by atoms with Crippen LogP contribution in [0.4, 0.5) is 39.4 Å². The van der Waals surface area contributed by atoms with Gasteiger partial charge in [-0.1, -0.05) is 6.07 Å². The number of ether oxygens (including phenoxy) is 2. The summed E-state index contributed by atoms with van der Waals surface area (Å²) in [6.07, 6.45) is -2.73. The van der Waals surface area contributed by atoms with Gasteiger partial charge in [0.1, 0.15) is 24.2 Å². The number of carbonyl (C=O) groups is 4. The summed E-state index contributed by atoms with van der Waals surface area (Å²) < 4.78 is 66.2. The van der Waals surface area contributed by atoms with Gasteiger partial charge in [-0.2, -0.15) is 13.2 Å². The number of alkyl halides is 3. The van der Waals surface area contributed by atoms with Crippen LogP contribution < -0.4 is 25.2 Å². The number of nitrogens with zero attached hydrogens (tertiary/aromatic N) is 6. The van der Waals surface area contributed by atoms with Crippen molar-refractivity contribution in [2.24, 2.45) is 5.92 Å². The summed E-state index contributed by atoms with van der Waals surface area (Å²) in [5.74, 6) is -1.91. The van der Waals surface area contributed by atoms with Crippen molar-refractivity contribution in [1.82, 2.24) is 25.0 Å². The topological polar surface area (TPSA) is 140 Å². The van der Waals surface area contributed by atoms with Crippen molar-refractivity contribution in [1.29, 1.82) is 0 Å². The summed E-state index contributed by atoms with van der Waals surface area (Å²) in [6, 6.07) is 9.30. The molecule has 4 fully saturated rings. The molecule has 5 aliphatic rings. The maximum absolute atomic E-state index is 15.5. The van der Waals surface area contributed by atoms with Gasteiger partial charge in [-0.15, -0.1) is 0 Å². The predicted molar refractivity (Wildman–Crippen MR) is 213 cm³/mol. The molecule has 18 heteroatoms. The van der Waals surface area contributed by atoms with E-state index in [4.69, 9.17) is 14.5 Å². The molecule has 0 saturated carbocycles. The van der Waals surface area contributed by atoms with Crippen LogP contribution in [0.15, 0.2) is 42.6 Å². The van der Waals surface area contributed by atoms with E-state index in [9.17, 15) is 32.3 Å². The number of urea groups is 1. The van der Waals surface area contributed by atoms with Crippen LogP contribution in [-0.2, 0) is 20.9 Å². The molecule has 2 N–H and O–H groups in total. The van der Waals surface area contributed by atoms with E-state index in [0.717, 1.165) is 22.4 Å². The molecule has 3 aromatic rings. The summed E-state index contributed by atoms with van der Waals surface area (Å²) in [6.45, 7) is 8.24. The molecule has 5 aliphatic heterocycles. The Balaban J connectivity index is 0.882. The number of carbonyl (C=O) groups excluding carboxylic acids is 4. The lowest BCUT2D eigenvalue weighted by atomic mass is 10.0. The van der Waals surface area contributed by atoms with Crippen molar-refractivity contribution in [3.63, 3.8) is 0 Å². The van der Waals surface area contributed by atoms with Gasteiger partial charge in [-0.25, -0.2) is 14.2 Å². The largest absolute Gasteiger partial charge is 0.475 e. The first-order valence-corrected chi connectivity index (χ1v) is 20.4. The van der Waals surface area contributed by atoms with Gasteiger partial charge >= 0.3 is 12.2 Å². The number of amides is 5. The van der Waals surface area contributed by atoms with Crippen LogP contribution in [0.5, 0.6) is 5.88 Å². The Morgan fingerprint density at radius 2 is 1.72 bits per heavy atom. The molecule has 4 saturated heterocycles. The van der Waals surface area contributed by atoms with Crippen molar-refractivity contribution in [3.8, 4) is 17.0 Å². The van der Waals surface area contributed by atoms with Crippen LogP contribution in [0.1, 0.15) is 47.2 Å². The highest BCUT2D eigenvalue weighted by atomic mass is 19.4. The first-order valence-electron chi connectivity index (χ1n) is 20.4. The SMILES string of the molecule is Cc1ccc(NC(=O)N2CC[C@@H](CC(F)(F)F)C2)cc1-c1cnc(OCCN2CCN(c3cc4c(cc3F)C(=O)N(C3CCC(=O)NC3=O)C4)CC2)c(N2CCOCC2)c1. The fraction of sp³-hybridized carbons (Fsp3) is 0.500. The summed E-state index contributed by atoms with van der Waals surface area (Å²) in [4.78, 5) is 64.2. The van der Waals surface area contributed by atoms with Gasteiger partial charge < -0.3 is 34.4 Å². The Hall–Kier alpha value is -5.49. The Morgan fingerprint density at radius 1 is 0.950 bits per heavy atom. The third-order valence-corrected chi connectivity index (χ3v) is 12.0. The lowest BCUT2D eigenvalue weighted by Crippen LogP contribution is -2.52. The molecule has 1 aromatic heterocycles. The van der Waals surface area contributed by atoms with Gasteiger partial charge in [-0.05, 0) is 72.7 Å². The van der Waals surface area contributed by atoms with Gasteiger partial charge in [0.05, 0.1) is 18.9 Å². The second-order valence-electron chi connectivity index (χ2n) is 16.1. The molecule has 8 rings (SSSR count). The number of fused-ring (bicyclic) bond motifs is 1. The Morgan fingerprint density at radius 3 is 2.47 bits per heavy atom. The van der Waals surface area contributed by atoms with Crippen molar-refractivity contribution < 1.29 is 46.2 Å². The van der Waals surface area contributed by atoms with Gasteiger partial charge in [0.15, 0.2) is 0 Å². The Labute approximate surface area is 344 Å². The lowest BCUT2D eigenvalue weighted by molar-refractivity contribution is -0.143. The second-order valence-corrected chi connectivity index (χ2v) is 16.1. The molecule has 0 aliphatic carbocycles. The number of imide groups is 1. The maximum atomic E-state index is 15.5. The van der Waals surface area contributed by atoms with E-state index in [2.05, 4.69) is 20.4 Å². The first-order chi connectivity index (χ1) is 28.8. The number of likely N-dealkylation sites (tertiary alicyclic amines) is 1. The summed E-state index contributed by atoms with van der Waals surface area (Å²) in [5, 5.41) is 5.16. The summed E-state index contributed by atoms with van der Waals surface area (Å²) >= 11 is 0. The van der Waals surface area contributed by atoms with Crippen LogP contribution in [0.2, 0.25) is 0 Å². The van der Waals surface area contributed by atoms with E-state index in [1.165, 1.54) is 15.9 Å². The standard InChI is InChI=1S/C42H48F4N8O6/c1-26-2-3-30(48-41(58)53-7-6-27(24-53)22-42(44,45)46)20-31(26)28-18-36(52-13-15-59-16-14-52)39(47-23-28)60-17-12-50-8-10-51(11-9-50)35-19-29-25-54(40(57)32(29)21-33(35)43)34-4-5-37(55)49-38(34)56/h2-3,18-21,23,27,34H,4-17,22,24-25H2,1H3,(H,48,58)(H,49,55,56)/t27-,34?/m0/s1. The Bertz CT molecular complexity index is 2140. The molecule has 14 nitrogen and oxygen atoms in total. The minimum Gasteiger partial charge on any atom is -0.475 e. The number of benzene rings is 2. The number of pyridine rings is 1. The van der Waals surface area contributed by atoms with Crippen molar-refractivity contribution in [2.45, 2.75) is 51.4 Å². The molecule has 320 valence electrons. The predicted octanol–water partition coefficient (Wildman–Crippen LogP) is 4.80. The molecule has 2 atom stereocenters. The molecular weight excluding hydrogens is 789 g/mol. The minimum atomic E-state index is -4.26. The molecule has 2 aromatic carbocycles. The van der Waals surface area contributed by atoms with E-state index in [-0.39, 0.29) is 43.9 Å². The summed E-state index contributed by atoms with van der Waals surface area (Å²) in [7, 11) is 0. The normalized spacial score (nSPS) is 21.4. The van der Waals surface area contributed by atoms with Crippen molar-refractivity contribution in [2.75, 3.05) is 93.8 Å². The maximum Gasteiger partial charge on any atom is 0.389 e. The van der Waals surface area contributed by atoms with Crippen LogP contribution in [0, 0.1) is 18.7 Å².